The first kappa shape index (κ1) is 23.1. The number of carbonyl (C=O) groups is 3. The van der Waals surface area contributed by atoms with Gasteiger partial charge in [-0.05, 0) is 48.9 Å². The van der Waals surface area contributed by atoms with E-state index in [-0.39, 0.29) is 30.2 Å². The number of hydrogen-bond donors (Lipinski definition) is 0. The average molecular weight is 547 g/mol. The molecule has 1 aliphatic heterocycles. The zero-order chi connectivity index (χ0) is 24.5. The zero-order valence-corrected chi connectivity index (χ0v) is 21.0. The summed E-state index contributed by atoms with van der Waals surface area (Å²) >= 11 is 4.81. The molecule has 0 saturated carbocycles. The van der Waals surface area contributed by atoms with Crippen molar-refractivity contribution >= 4 is 72.2 Å². The molecule has 35 heavy (non-hydrogen) atoms. The molecule has 174 valence electrons. The molecule has 0 aliphatic carbocycles. The topological polar surface area (TPSA) is 82.9 Å². The van der Waals surface area contributed by atoms with E-state index in [1.807, 2.05) is 49.4 Å². The molecule has 0 unspecified atom stereocenters. The fourth-order valence-electron chi connectivity index (χ4n) is 3.71. The number of imide groups is 1. The van der Waals surface area contributed by atoms with Gasteiger partial charge in [0.05, 0.1) is 22.1 Å². The number of thiazole rings is 1. The van der Waals surface area contributed by atoms with Crippen LogP contribution in [0.15, 0.2) is 76.3 Å². The highest BCUT2D eigenvalue weighted by Gasteiger charge is 2.31. The summed E-state index contributed by atoms with van der Waals surface area (Å²) in [5.74, 6) is -0.969. The fourth-order valence-corrected chi connectivity index (χ4v) is 5.18. The monoisotopic (exact) mass is 546 g/mol. The highest BCUT2D eigenvalue weighted by atomic mass is 79.9. The number of carbonyl (C=O) groups excluding carboxylic acids is 3. The Morgan fingerprint density at radius 2 is 1.80 bits per heavy atom. The Bertz CT molecular complexity index is 1480. The van der Waals surface area contributed by atoms with Crippen molar-refractivity contribution in [3.05, 3.63) is 87.9 Å². The molecule has 0 atom stereocenters. The van der Waals surface area contributed by atoms with Gasteiger partial charge < -0.3 is 0 Å². The lowest BCUT2D eigenvalue weighted by atomic mass is 10.1. The molecule has 7 nitrogen and oxygen atoms in total. The number of hydrazone groups is 1. The summed E-state index contributed by atoms with van der Waals surface area (Å²) in [6.45, 7) is 2.00. The van der Waals surface area contributed by atoms with Gasteiger partial charge >= 0.3 is 0 Å². The van der Waals surface area contributed by atoms with Crippen LogP contribution in [0.5, 0.6) is 0 Å². The van der Waals surface area contributed by atoms with Crippen LogP contribution in [0.4, 0.5) is 10.8 Å². The quantitative estimate of drug-likeness (QED) is 0.182. The molecule has 1 aromatic heterocycles. The van der Waals surface area contributed by atoms with Crippen LogP contribution in [0.1, 0.15) is 34.3 Å². The Hall–Kier alpha value is -3.69. The van der Waals surface area contributed by atoms with Crippen LogP contribution in [-0.2, 0) is 9.59 Å². The van der Waals surface area contributed by atoms with Crippen molar-refractivity contribution in [2.24, 2.45) is 5.10 Å². The summed E-state index contributed by atoms with van der Waals surface area (Å²) in [7, 11) is 0. The Morgan fingerprint density at radius 3 is 2.54 bits per heavy atom. The normalized spacial score (nSPS) is 13.8. The number of nitrogens with zero attached hydrogens (tertiary/aromatic N) is 4. The smallest absolute Gasteiger partial charge is 0.274 e. The van der Waals surface area contributed by atoms with Gasteiger partial charge in [0.25, 0.3) is 5.91 Å². The van der Waals surface area contributed by atoms with E-state index in [4.69, 9.17) is 0 Å². The molecule has 1 saturated heterocycles. The van der Waals surface area contributed by atoms with E-state index in [0.29, 0.717) is 10.8 Å². The van der Waals surface area contributed by atoms with Crippen molar-refractivity contribution in [1.82, 2.24) is 4.98 Å². The van der Waals surface area contributed by atoms with Crippen molar-refractivity contribution in [2.75, 3.05) is 9.91 Å². The molecule has 5 rings (SSSR count). The zero-order valence-electron chi connectivity index (χ0n) is 18.6. The first-order chi connectivity index (χ1) is 16.9. The second kappa shape index (κ2) is 9.52. The summed E-state index contributed by atoms with van der Waals surface area (Å²) in [5, 5.41) is 6.16. The molecule has 2 heterocycles. The third-order valence-corrected chi connectivity index (χ3v) is 7.00. The lowest BCUT2D eigenvalue weighted by Crippen LogP contribution is -2.29. The number of amides is 3. The summed E-state index contributed by atoms with van der Waals surface area (Å²) in [6.07, 6.45) is 1.95. The van der Waals surface area contributed by atoms with Gasteiger partial charge in [0.1, 0.15) is 0 Å². The first-order valence-electron chi connectivity index (χ1n) is 10.9. The number of anilines is 2. The van der Waals surface area contributed by atoms with Gasteiger partial charge in [0.2, 0.25) is 16.9 Å². The predicted octanol–water partition coefficient (Wildman–Crippen LogP) is 5.70. The van der Waals surface area contributed by atoms with Crippen LogP contribution >= 0.6 is 27.3 Å². The maximum Gasteiger partial charge on any atom is 0.280 e. The second-order valence-electron chi connectivity index (χ2n) is 8.05. The molecule has 9 heteroatoms. The third kappa shape index (κ3) is 4.78. The molecular weight excluding hydrogens is 528 g/mol. The largest absolute Gasteiger partial charge is 0.280 e. The van der Waals surface area contributed by atoms with Crippen LogP contribution < -0.4 is 9.91 Å². The van der Waals surface area contributed by atoms with Gasteiger partial charge in [-0.25, -0.2) is 4.98 Å². The molecule has 1 fully saturated rings. The third-order valence-electron chi connectivity index (χ3n) is 5.52. The van der Waals surface area contributed by atoms with Gasteiger partial charge in [0.15, 0.2) is 0 Å². The number of benzene rings is 3. The lowest BCUT2D eigenvalue weighted by molar-refractivity contribution is -0.121. The van der Waals surface area contributed by atoms with Gasteiger partial charge in [-0.3, -0.25) is 19.3 Å². The standard InChI is InChI=1S/C26H19BrN4O3S/c1-16-5-7-17(8-6-16)15-28-31(26-29-21-10-9-19(27)14-22(21)35-26)25(34)18-3-2-4-20(13-18)30-23(32)11-12-24(30)33/h2-10,13-15H,11-12H2,1H3/b28-15+. The summed E-state index contributed by atoms with van der Waals surface area (Å²) in [4.78, 5) is 43.8. The predicted molar refractivity (Wildman–Crippen MR) is 141 cm³/mol. The van der Waals surface area contributed by atoms with Crippen LogP contribution in [0.3, 0.4) is 0 Å². The Labute approximate surface area is 213 Å². The molecule has 4 aromatic rings. The van der Waals surface area contributed by atoms with Gasteiger partial charge in [-0.2, -0.15) is 10.1 Å². The van der Waals surface area contributed by atoms with Crippen molar-refractivity contribution in [3.63, 3.8) is 0 Å². The minimum absolute atomic E-state index is 0.172. The van der Waals surface area contributed by atoms with E-state index >= 15 is 0 Å². The Balaban J connectivity index is 1.54. The second-order valence-corrected chi connectivity index (χ2v) is 9.98. The summed E-state index contributed by atoms with van der Waals surface area (Å²) < 4.78 is 1.81. The molecule has 0 N–H and O–H groups in total. The molecule has 3 amide bonds. The highest BCUT2D eigenvalue weighted by molar-refractivity contribution is 9.10. The van der Waals surface area contributed by atoms with Crippen molar-refractivity contribution in [2.45, 2.75) is 19.8 Å². The number of fused-ring (bicyclic) bond motifs is 1. The van der Waals surface area contributed by atoms with Crippen molar-refractivity contribution in [3.8, 4) is 0 Å². The number of rotatable bonds is 5. The fraction of sp³-hybridized carbons (Fsp3) is 0.115. The number of hydrogen-bond acceptors (Lipinski definition) is 6. The highest BCUT2D eigenvalue weighted by Crippen LogP contribution is 2.32. The Kier molecular flexibility index (Phi) is 6.27. The summed E-state index contributed by atoms with van der Waals surface area (Å²) in [5.41, 5.74) is 3.36. The van der Waals surface area contributed by atoms with Crippen LogP contribution in [0.2, 0.25) is 0 Å². The van der Waals surface area contributed by atoms with Crippen molar-refractivity contribution in [1.29, 1.82) is 0 Å². The average Bonchev–Trinajstić information content (AvgIpc) is 3.42. The minimum Gasteiger partial charge on any atom is -0.274 e. The lowest BCUT2D eigenvalue weighted by Gasteiger charge is -2.17. The van der Waals surface area contributed by atoms with Crippen molar-refractivity contribution < 1.29 is 14.4 Å². The van der Waals surface area contributed by atoms with E-state index in [2.05, 4.69) is 26.0 Å². The molecule has 0 radical (unpaired) electrons. The van der Waals surface area contributed by atoms with Crippen LogP contribution in [0, 0.1) is 6.92 Å². The first-order valence-corrected chi connectivity index (χ1v) is 12.5. The maximum atomic E-state index is 13.7. The summed E-state index contributed by atoms with van der Waals surface area (Å²) in [6, 6.07) is 20.0. The van der Waals surface area contributed by atoms with Gasteiger partial charge in [-0.1, -0.05) is 63.2 Å². The van der Waals surface area contributed by atoms with E-state index in [1.165, 1.54) is 16.3 Å². The molecular formula is C26H19BrN4O3S. The Morgan fingerprint density at radius 1 is 1.06 bits per heavy atom. The van der Waals surface area contributed by atoms with Gasteiger partial charge in [0, 0.05) is 22.9 Å². The maximum absolute atomic E-state index is 13.7. The van der Waals surface area contributed by atoms with Gasteiger partial charge in [-0.15, -0.1) is 0 Å². The number of aromatic nitrogens is 1. The molecule has 3 aromatic carbocycles. The minimum atomic E-state index is -0.424. The SMILES string of the molecule is Cc1ccc(/C=N/N(C(=O)c2cccc(N3C(=O)CCC3=O)c2)c2nc3ccc(Br)cc3s2)cc1. The number of aryl methyl sites for hydroxylation is 1. The van der Waals surface area contributed by atoms with E-state index in [0.717, 1.165) is 30.7 Å². The van der Waals surface area contributed by atoms with E-state index in [9.17, 15) is 14.4 Å². The molecule has 1 aliphatic rings. The van der Waals surface area contributed by atoms with E-state index < -0.39 is 5.91 Å². The van der Waals surface area contributed by atoms with E-state index in [1.54, 1.807) is 30.5 Å². The molecule has 0 spiro atoms. The van der Waals surface area contributed by atoms with Crippen LogP contribution in [0.25, 0.3) is 10.2 Å². The van der Waals surface area contributed by atoms with Crippen LogP contribution in [-0.4, -0.2) is 28.9 Å². The molecule has 0 bridgehead atoms. The number of halogens is 1.